The Morgan fingerprint density at radius 3 is 2.47 bits per heavy atom. The second-order valence-electron chi connectivity index (χ2n) is 6.07. The van der Waals surface area contributed by atoms with Crippen LogP contribution in [0.2, 0.25) is 5.02 Å². The van der Waals surface area contributed by atoms with Gasteiger partial charge in [-0.15, -0.1) is 0 Å². The molecule has 1 amide bonds. The molecule has 0 fully saturated rings. The number of benzene rings is 2. The van der Waals surface area contributed by atoms with Crippen molar-refractivity contribution in [1.82, 2.24) is 15.4 Å². The number of anilines is 3. The van der Waals surface area contributed by atoms with E-state index in [0.29, 0.717) is 22.0 Å². The van der Waals surface area contributed by atoms with Gasteiger partial charge in [0.25, 0.3) is 5.91 Å². The molecule has 0 aliphatic carbocycles. The maximum Gasteiger partial charge on any atom is 0.355 e. The Bertz CT molecular complexity index is 1090. The number of halogens is 1. The van der Waals surface area contributed by atoms with Gasteiger partial charge in [-0.1, -0.05) is 11.6 Å². The van der Waals surface area contributed by atoms with Crippen LogP contribution in [-0.2, 0) is 0 Å². The highest BCUT2D eigenvalue weighted by molar-refractivity contribution is 6.30. The van der Waals surface area contributed by atoms with Crippen LogP contribution < -0.4 is 20.9 Å². The summed E-state index contributed by atoms with van der Waals surface area (Å²) >= 11 is 5.95. The van der Waals surface area contributed by atoms with Crippen molar-refractivity contribution in [3.63, 3.8) is 0 Å². The number of nitrogens with zero attached hydrogens (tertiary/aromatic N) is 3. The SMILES string of the molecule is COc1ccc(C(=O)NNc2ncnc(Nc3ccc(Cl)cc3C)c2[N+](=O)[O-])cc1. The van der Waals surface area contributed by atoms with Crippen LogP contribution >= 0.6 is 11.6 Å². The maximum atomic E-state index is 12.3. The number of aryl methyl sites for hydroxylation is 1. The molecule has 0 aliphatic heterocycles. The van der Waals surface area contributed by atoms with Crippen LogP contribution in [0.3, 0.4) is 0 Å². The van der Waals surface area contributed by atoms with Gasteiger partial charge >= 0.3 is 5.69 Å². The molecule has 1 aromatic heterocycles. The van der Waals surface area contributed by atoms with Crippen LogP contribution in [0.15, 0.2) is 48.8 Å². The van der Waals surface area contributed by atoms with E-state index in [1.807, 2.05) is 0 Å². The Kier molecular flexibility index (Phi) is 6.28. The number of nitrogens with one attached hydrogen (secondary N) is 3. The molecule has 3 N–H and O–H groups in total. The molecule has 154 valence electrons. The number of hydrogen-bond donors (Lipinski definition) is 3. The van der Waals surface area contributed by atoms with Crippen molar-refractivity contribution in [1.29, 1.82) is 0 Å². The second kappa shape index (κ2) is 9.05. The number of amides is 1. The zero-order chi connectivity index (χ0) is 21.7. The fraction of sp³-hybridized carbons (Fsp3) is 0.105. The molecule has 0 aliphatic rings. The number of ether oxygens (including phenoxy) is 1. The number of rotatable bonds is 7. The zero-order valence-electron chi connectivity index (χ0n) is 16.0. The van der Waals surface area contributed by atoms with Gasteiger partial charge in [-0.05, 0) is 55.0 Å². The van der Waals surface area contributed by atoms with Gasteiger partial charge < -0.3 is 10.1 Å². The first-order valence-corrected chi connectivity index (χ1v) is 9.00. The number of hydrazine groups is 1. The van der Waals surface area contributed by atoms with E-state index in [1.54, 1.807) is 49.4 Å². The predicted octanol–water partition coefficient (Wildman–Crippen LogP) is 3.86. The predicted molar refractivity (Wildman–Crippen MR) is 112 cm³/mol. The Hall–Kier alpha value is -3.92. The van der Waals surface area contributed by atoms with Gasteiger partial charge in [-0.25, -0.2) is 9.97 Å². The average Bonchev–Trinajstić information content (AvgIpc) is 2.74. The number of hydrogen-bond acceptors (Lipinski definition) is 8. The highest BCUT2D eigenvalue weighted by Gasteiger charge is 2.24. The molecule has 10 nitrogen and oxygen atoms in total. The van der Waals surface area contributed by atoms with Crippen molar-refractivity contribution in [2.24, 2.45) is 0 Å². The highest BCUT2D eigenvalue weighted by Crippen LogP contribution is 2.32. The molecular formula is C19H17ClN6O4. The van der Waals surface area contributed by atoms with Crippen molar-refractivity contribution >= 4 is 40.5 Å². The lowest BCUT2D eigenvalue weighted by Crippen LogP contribution is -2.30. The Morgan fingerprint density at radius 2 is 1.83 bits per heavy atom. The smallest absolute Gasteiger partial charge is 0.355 e. The lowest BCUT2D eigenvalue weighted by molar-refractivity contribution is -0.383. The molecule has 3 rings (SSSR count). The first-order valence-electron chi connectivity index (χ1n) is 8.62. The topological polar surface area (TPSA) is 131 Å². The monoisotopic (exact) mass is 428 g/mol. The maximum absolute atomic E-state index is 12.3. The van der Waals surface area contributed by atoms with Crippen LogP contribution in [0, 0.1) is 17.0 Å². The normalized spacial score (nSPS) is 10.2. The molecule has 0 saturated carbocycles. The highest BCUT2D eigenvalue weighted by atomic mass is 35.5. The lowest BCUT2D eigenvalue weighted by Gasteiger charge is -2.12. The van der Waals surface area contributed by atoms with Gasteiger partial charge in [0.15, 0.2) is 0 Å². The van der Waals surface area contributed by atoms with Gasteiger partial charge in [0.1, 0.15) is 12.1 Å². The summed E-state index contributed by atoms with van der Waals surface area (Å²) in [6.07, 6.45) is 1.14. The fourth-order valence-electron chi connectivity index (χ4n) is 2.56. The lowest BCUT2D eigenvalue weighted by atomic mass is 10.2. The van der Waals surface area contributed by atoms with E-state index in [1.165, 1.54) is 7.11 Å². The van der Waals surface area contributed by atoms with Crippen LogP contribution in [0.5, 0.6) is 5.75 Å². The average molecular weight is 429 g/mol. The Balaban J connectivity index is 1.81. The zero-order valence-corrected chi connectivity index (χ0v) is 16.7. The van der Waals surface area contributed by atoms with E-state index in [2.05, 4.69) is 26.1 Å². The summed E-state index contributed by atoms with van der Waals surface area (Å²) in [5.41, 5.74) is 6.14. The van der Waals surface area contributed by atoms with Crippen LogP contribution in [0.1, 0.15) is 15.9 Å². The van der Waals surface area contributed by atoms with Crippen molar-refractivity contribution in [2.45, 2.75) is 6.92 Å². The van der Waals surface area contributed by atoms with Crippen LogP contribution in [0.4, 0.5) is 23.0 Å². The van der Waals surface area contributed by atoms with E-state index in [0.717, 1.165) is 11.9 Å². The minimum atomic E-state index is -0.643. The number of nitro groups is 1. The summed E-state index contributed by atoms with van der Waals surface area (Å²) in [6, 6.07) is 11.4. The number of methoxy groups -OCH3 is 1. The van der Waals surface area contributed by atoms with Gasteiger partial charge in [-0.3, -0.25) is 25.8 Å². The summed E-state index contributed by atoms with van der Waals surface area (Å²) in [4.78, 5) is 31.1. The third kappa shape index (κ3) is 4.73. The minimum absolute atomic E-state index is 0.0402. The molecule has 30 heavy (non-hydrogen) atoms. The third-order valence-corrected chi connectivity index (χ3v) is 4.33. The third-order valence-electron chi connectivity index (χ3n) is 4.09. The molecule has 0 radical (unpaired) electrons. The molecule has 2 aromatic carbocycles. The summed E-state index contributed by atoms with van der Waals surface area (Å²) < 4.78 is 5.04. The number of carbonyl (C=O) groups is 1. The standard InChI is InChI=1S/C19H17ClN6O4/c1-11-9-13(20)5-8-15(11)23-17-16(26(28)29)18(22-10-21-17)24-25-19(27)12-3-6-14(30-2)7-4-12/h3-10H,1-2H3,(H,25,27)(H2,21,22,23,24). The van der Waals surface area contributed by atoms with E-state index in [4.69, 9.17) is 16.3 Å². The molecular weight excluding hydrogens is 412 g/mol. The second-order valence-corrected chi connectivity index (χ2v) is 6.50. The number of carbonyl (C=O) groups excluding carboxylic acids is 1. The summed E-state index contributed by atoms with van der Waals surface area (Å²) in [5.74, 6) is -0.125. The molecule has 11 heteroatoms. The van der Waals surface area contributed by atoms with Crippen molar-refractivity contribution in [3.8, 4) is 5.75 Å². The molecule has 0 saturated heterocycles. The number of aromatic nitrogens is 2. The first-order chi connectivity index (χ1) is 14.4. The quantitative estimate of drug-likeness (QED) is 0.382. The van der Waals surface area contributed by atoms with Crippen molar-refractivity contribution in [3.05, 3.63) is 75.1 Å². The van der Waals surface area contributed by atoms with E-state index in [-0.39, 0.29) is 11.6 Å². The van der Waals surface area contributed by atoms with Gasteiger partial charge in [0.05, 0.1) is 12.0 Å². The Labute approximate surface area is 176 Å². The molecule has 0 bridgehead atoms. The van der Waals surface area contributed by atoms with Crippen molar-refractivity contribution in [2.75, 3.05) is 17.9 Å². The van der Waals surface area contributed by atoms with E-state index >= 15 is 0 Å². The summed E-state index contributed by atoms with van der Waals surface area (Å²) in [6.45, 7) is 1.80. The first kappa shape index (κ1) is 20.8. The molecule has 1 heterocycles. The van der Waals surface area contributed by atoms with E-state index in [9.17, 15) is 14.9 Å². The molecule has 3 aromatic rings. The largest absolute Gasteiger partial charge is 0.497 e. The van der Waals surface area contributed by atoms with Gasteiger partial charge in [0.2, 0.25) is 11.6 Å². The van der Waals surface area contributed by atoms with Crippen LogP contribution in [0.25, 0.3) is 0 Å². The summed E-state index contributed by atoms with van der Waals surface area (Å²) in [7, 11) is 1.52. The van der Waals surface area contributed by atoms with E-state index < -0.39 is 16.5 Å². The molecule has 0 unspecified atom stereocenters. The fourth-order valence-corrected chi connectivity index (χ4v) is 2.79. The minimum Gasteiger partial charge on any atom is -0.497 e. The molecule has 0 spiro atoms. The van der Waals surface area contributed by atoms with Crippen LogP contribution in [-0.4, -0.2) is 27.9 Å². The summed E-state index contributed by atoms with van der Waals surface area (Å²) in [5, 5.41) is 15.1. The van der Waals surface area contributed by atoms with Crippen molar-refractivity contribution < 1.29 is 14.5 Å². The van der Waals surface area contributed by atoms with Gasteiger partial charge in [0, 0.05) is 16.3 Å². The van der Waals surface area contributed by atoms with Gasteiger partial charge in [-0.2, -0.15) is 0 Å². The Morgan fingerprint density at radius 1 is 1.13 bits per heavy atom. The molecule has 0 atom stereocenters.